The predicted octanol–water partition coefficient (Wildman–Crippen LogP) is 2.11. The SMILES string of the molecule is O=C(O)C1(CNc2ncc([N+](=O)[O-])s2)CCCC1. The molecule has 0 saturated heterocycles. The summed E-state index contributed by atoms with van der Waals surface area (Å²) in [5.41, 5.74) is -0.750. The van der Waals surface area contributed by atoms with Gasteiger partial charge in [0.05, 0.1) is 10.3 Å². The summed E-state index contributed by atoms with van der Waals surface area (Å²) in [6.45, 7) is 0.271. The largest absolute Gasteiger partial charge is 0.481 e. The Balaban J connectivity index is 2.01. The van der Waals surface area contributed by atoms with E-state index in [1.165, 1.54) is 6.20 Å². The average Bonchev–Trinajstić information content (AvgIpc) is 2.96. The molecular weight excluding hydrogens is 258 g/mol. The van der Waals surface area contributed by atoms with Crippen molar-refractivity contribution in [2.24, 2.45) is 5.41 Å². The van der Waals surface area contributed by atoms with Gasteiger partial charge in [0.2, 0.25) is 0 Å². The number of carboxylic acid groups (broad SMARTS) is 1. The minimum Gasteiger partial charge on any atom is -0.481 e. The van der Waals surface area contributed by atoms with Crippen molar-refractivity contribution in [2.75, 3.05) is 11.9 Å². The number of nitrogens with one attached hydrogen (secondary N) is 1. The number of rotatable bonds is 5. The summed E-state index contributed by atoms with van der Waals surface area (Å²) < 4.78 is 0. The number of thiazole rings is 1. The minimum absolute atomic E-state index is 0.0479. The number of nitro groups is 1. The lowest BCUT2D eigenvalue weighted by atomic mass is 9.86. The molecule has 98 valence electrons. The van der Waals surface area contributed by atoms with Gasteiger partial charge in [0.15, 0.2) is 5.13 Å². The molecule has 7 nitrogen and oxygen atoms in total. The van der Waals surface area contributed by atoms with E-state index in [2.05, 4.69) is 10.3 Å². The Kier molecular flexibility index (Phi) is 3.46. The van der Waals surface area contributed by atoms with Crippen LogP contribution in [-0.2, 0) is 4.79 Å². The van der Waals surface area contributed by atoms with E-state index >= 15 is 0 Å². The molecule has 0 aromatic carbocycles. The fourth-order valence-electron chi connectivity index (χ4n) is 2.19. The number of aromatic nitrogens is 1. The van der Waals surface area contributed by atoms with Crippen LogP contribution in [0.4, 0.5) is 10.1 Å². The number of nitrogens with zero attached hydrogens (tertiary/aromatic N) is 2. The highest BCUT2D eigenvalue weighted by molar-refractivity contribution is 7.18. The van der Waals surface area contributed by atoms with Crippen LogP contribution in [0, 0.1) is 15.5 Å². The summed E-state index contributed by atoms with van der Waals surface area (Å²) in [6.07, 6.45) is 4.28. The van der Waals surface area contributed by atoms with E-state index in [1.807, 2.05) is 0 Å². The lowest BCUT2D eigenvalue weighted by Crippen LogP contribution is -2.35. The molecule has 2 N–H and O–H groups in total. The summed E-state index contributed by atoms with van der Waals surface area (Å²) in [5.74, 6) is -0.807. The summed E-state index contributed by atoms with van der Waals surface area (Å²) in [7, 11) is 0. The van der Waals surface area contributed by atoms with Crippen molar-refractivity contribution in [3.8, 4) is 0 Å². The Morgan fingerprint density at radius 1 is 1.61 bits per heavy atom. The highest BCUT2D eigenvalue weighted by Gasteiger charge is 2.41. The van der Waals surface area contributed by atoms with Crippen LogP contribution in [0.25, 0.3) is 0 Å². The quantitative estimate of drug-likeness (QED) is 0.627. The normalized spacial score (nSPS) is 17.6. The lowest BCUT2D eigenvalue weighted by molar-refractivity contribution is -0.380. The van der Waals surface area contributed by atoms with Crippen LogP contribution in [0.1, 0.15) is 25.7 Å². The number of hydrogen-bond donors (Lipinski definition) is 2. The van der Waals surface area contributed by atoms with Crippen molar-refractivity contribution in [1.82, 2.24) is 4.98 Å². The maximum absolute atomic E-state index is 11.3. The molecule has 1 fully saturated rings. The highest BCUT2D eigenvalue weighted by Crippen LogP contribution is 2.39. The molecule has 0 aliphatic heterocycles. The Morgan fingerprint density at radius 3 is 2.78 bits per heavy atom. The van der Waals surface area contributed by atoms with Gasteiger partial charge in [-0.05, 0) is 24.2 Å². The number of carboxylic acids is 1. The first-order valence-corrected chi connectivity index (χ1v) is 6.43. The standard InChI is InChI=1S/C10H13N3O4S/c14-8(15)10(3-1-2-4-10)6-12-9-11-5-7(18-9)13(16)17/h5H,1-4,6H2,(H,11,12)(H,14,15). The topological polar surface area (TPSA) is 105 Å². The van der Waals surface area contributed by atoms with Crippen LogP contribution in [0.3, 0.4) is 0 Å². The molecule has 1 aromatic heterocycles. The van der Waals surface area contributed by atoms with Crippen molar-refractivity contribution >= 4 is 27.4 Å². The van der Waals surface area contributed by atoms with Gasteiger partial charge in [0, 0.05) is 6.54 Å². The molecule has 1 saturated carbocycles. The molecule has 1 heterocycles. The van der Waals surface area contributed by atoms with Gasteiger partial charge in [-0.25, -0.2) is 4.98 Å². The van der Waals surface area contributed by atoms with Crippen LogP contribution < -0.4 is 5.32 Å². The Bertz CT molecular complexity index is 467. The van der Waals surface area contributed by atoms with Crippen molar-refractivity contribution in [3.63, 3.8) is 0 Å². The van der Waals surface area contributed by atoms with E-state index in [-0.39, 0.29) is 11.5 Å². The van der Waals surface area contributed by atoms with Crippen molar-refractivity contribution in [3.05, 3.63) is 16.3 Å². The predicted molar refractivity (Wildman–Crippen MR) is 65.8 cm³/mol. The van der Waals surface area contributed by atoms with Gasteiger partial charge in [0.25, 0.3) is 0 Å². The zero-order chi connectivity index (χ0) is 13.2. The Morgan fingerprint density at radius 2 is 2.28 bits per heavy atom. The molecule has 0 atom stereocenters. The third-order valence-electron chi connectivity index (χ3n) is 3.27. The number of aliphatic carboxylic acids is 1. The first-order chi connectivity index (χ1) is 8.53. The molecule has 0 bridgehead atoms. The fraction of sp³-hybridized carbons (Fsp3) is 0.600. The maximum atomic E-state index is 11.3. The van der Waals surface area contributed by atoms with Gasteiger partial charge < -0.3 is 10.4 Å². The fourth-order valence-corrected chi connectivity index (χ4v) is 2.82. The molecule has 18 heavy (non-hydrogen) atoms. The molecule has 1 aromatic rings. The van der Waals surface area contributed by atoms with E-state index in [4.69, 9.17) is 0 Å². The number of carbonyl (C=O) groups is 1. The van der Waals surface area contributed by atoms with E-state index in [9.17, 15) is 20.0 Å². The first-order valence-electron chi connectivity index (χ1n) is 5.61. The maximum Gasteiger partial charge on any atom is 0.345 e. The van der Waals surface area contributed by atoms with Gasteiger partial charge in [-0.1, -0.05) is 12.8 Å². The summed E-state index contributed by atoms with van der Waals surface area (Å²) in [6, 6.07) is 0. The van der Waals surface area contributed by atoms with E-state index in [0.717, 1.165) is 24.2 Å². The van der Waals surface area contributed by atoms with Crippen molar-refractivity contribution in [1.29, 1.82) is 0 Å². The minimum atomic E-state index is -0.807. The molecule has 0 unspecified atom stereocenters. The summed E-state index contributed by atoms with van der Waals surface area (Å²) in [4.78, 5) is 25.1. The smallest absolute Gasteiger partial charge is 0.345 e. The molecule has 0 radical (unpaired) electrons. The number of hydrogen-bond acceptors (Lipinski definition) is 6. The van der Waals surface area contributed by atoms with Gasteiger partial charge in [0.1, 0.15) is 6.20 Å². The van der Waals surface area contributed by atoms with E-state index < -0.39 is 16.3 Å². The molecular formula is C10H13N3O4S. The second kappa shape index (κ2) is 4.89. The Labute approximate surface area is 107 Å². The van der Waals surface area contributed by atoms with Crippen LogP contribution in [0.2, 0.25) is 0 Å². The molecule has 0 spiro atoms. The lowest BCUT2D eigenvalue weighted by Gasteiger charge is -2.23. The third-order valence-corrected chi connectivity index (χ3v) is 4.17. The van der Waals surface area contributed by atoms with Crippen LogP contribution >= 0.6 is 11.3 Å². The zero-order valence-electron chi connectivity index (χ0n) is 9.59. The second-order valence-corrected chi connectivity index (χ2v) is 5.42. The third kappa shape index (κ3) is 2.42. The average molecular weight is 271 g/mol. The van der Waals surface area contributed by atoms with Crippen LogP contribution in [-0.4, -0.2) is 27.5 Å². The van der Waals surface area contributed by atoms with Gasteiger partial charge >= 0.3 is 11.0 Å². The van der Waals surface area contributed by atoms with Crippen molar-refractivity contribution < 1.29 is 14.8 Å². The molecule has 2 rings (SSSR count). The Hall–Kier alpha value is -1.70. The summed E-state index contributed by atoms with van der Waals surface area (Å²) >= 11 is 0.921. The van der Waals surface area contributed by atoms with Gasteiger partial charge in [-0.3, -0.25) is 14.9 Å². The molecule has 1 aliphatic rings. The number of anilines is 1. The van der Waals surface area contributed by atoms with Gasteiger partial charge in [-0.2, -0.15) is 0 Å². The van der Waals surface area contributed by atoms with Crippen molar-refractivity contribution in [2.45, 2.75) is 25.7 Å². The molecule has 8 heteroatoms. The van der Waals surface area contributed by atoms with E-state index in [1.54, 1.807) is 0 Å². The second-order valence-electron chi connectivity index (χ2n) is 4.41. The monoisotopic (exact) mass is 271 g/mol. The highest BCUT2D eigenvalue weighted by atomic mass is 32.1. The zero-order valence-corrected chi connectivity index (χ0v) is 10.4. The molecule has 0 amide bonds. The van der Waals surface area contributed by atoms with Crippen LogP contribution in [0.15, 0.2) is 6.20 Å². The van der Waals surface area contributed by atoms with Gasteiger partial charge in [-0.15, -0.1) is 0 Å². The van der Waals surface area contributed by atoms with E-state index in [0.29, 0.717) is 18.0 Å². The molecule has 1 aliphatic carbocycles. The summed E-state index contributed by atoms with van der Waals surface area (Å²) in [5, 5.41) is 23.0. The first kappa shape index (κ1) is 12.7. The van der Waals surface area contributed by atoms with Crippen LogP contribution in [0.5, 0.6) is 0 Å².